The molecule has 0 saturated carbocycles. The second kappa shape index (κ2) is 8.40. The van der Waals surface area contributed by atoms with Crippen LogP contribution in [0.2, 0.25) is 0 Å². The van der Waals surface area contributed by atoms with E-state index in [-0.39, 0.29) is 11.3 Å². The predicted molar refractivity (Wildman–Crippen MR) is 115 cm³/mol. The Morgan fingerprint density at radius 1 is 1.10 bits per heavy atom. The lowest BCUT2D eigenvalue weighted by Gasteiger charge is -2.25. The molecule has 1 fully saturated rings. The highest BCUT2D eigenvalue weighted by atomic mass is 32.1. The van der Waals surface area contributed by atoms with E-state index in [0.29, 0.717) is 5.69 Å². The molecule has 148 valence electrons. The van der Waals surface area contributed by atoms with Gasteiger partial charge in [0.05, 0.1) is 10.6 Å². The zero-order valence-corrected chi connectivity index (χ0v) is 16.5. The third kappa shape index (κ3) is 4.43. The summed E-state index contributed by atoms with van der Waals surface area (Å²) in [4.78, 5) is 30.0. The predicted octanol–water partition coefficient (Wildman–Crippen LogP) is 4.96. The van der Waals surface area contributed by atoms with Crippen molar-refractivity contribution in [1.82, 2.24) is 4.98 Å². The lowest BCUT2D eigenvalue weighted by molar-refractivity contribution is -0.384. The fourth-order valence-corrected chi connectivity index (χ4v) is 4.24. The van der Waals surface area contributed by atoms with Crippen LogP contribution in [-0.4, -0.2) is 28.9 Å². The largest absolute Gasteiger partial charge is 0.348 e. The monoisotopic (exact) mass is 408 g/mol. The molecule has 1 amide bonds. The highest BCUT2D eigenvalue weighted by Gasteiger charge is 2.16. The average Bonchev–Trinajstić information content (AvgIpc) is 3.25. The summed E-state index contributed by atoms with van der Waals surface area (Å²) in [6.45, 7) is 2.10. The number of amides is 1. The summed E-state index contributed by atoms with van der Waals surface area (Å²) in [6.07, 6.45) is 3.68. The highest BCUT2D eigenvalue weighted by Crippen LogP contribution is 2.30. The third-order valence-electron chi connectivity index (χ3n) is 4.85. The van der Waals surface area contributed by atoms with Crippen molar-refractivity contribution in [2.75, 3.05) is 23.3 Å². The molecule has 7 nitrogen and oxygen atoms in total. The minimum Gasteiger partial charge on any atom is -0.348 e. The molecular weight excluding hydrogens is 388 g/mol. The summed E-state index contributed by atoms with van der Waals surface area (Å²) < 4.78 is 0. The number of nitro benzene ring substituents is 1. The molecule has 1 aromatic heterocycles. The Bertz CT molecular complexity index is 1040. The van der Waals surface area contributed by atoms with Crippen molar-refractivity contribution in [1.29, 1.82) is 0 Å². The van der Waals surface area contributed by atoms with Gasteiger partial charge in [0.1, 0.15) is 0 Å². The van der Waals surface area contributed by atoms with Gasteiger partial charge in [0, 0.05) is 47.4 Å². The number of hydrogen-bond donors (Lipinski definition) is 1. The number of thiazole rings is 1. The Morgan fingerprint density at radius 2 is 1.90 bits per heavy atom. The van der Waals surface area contributed by atoms with E-state index in [4.69, 9.17) is 4.98 Å². The summed E-state index contributed by atoms with van der Waals surface area (Å²) in [5.74, 6) is -0.391. The Balaban J connectivity index is 1.50. The number of benzene rings is 2. The highest BCUT2D eigenvalue weighted by molar-refractivity contribution is 7.14. The Hall–Kier alpha value is -3.26. The van der Waals surface area contributed by atoms with Crippen molar-refractivity contribution >= 4 is 33.8 Å². The van der Waals surface area contributed by atoms with Crippen LogP contribution in [0.4, 0.5) is 16.5 Å². The van der Waals surface area contributed by atoms with Crippen molar-refractivity contribution in [2.45, 2.75) is 19.3 Å². The number of rotatable bonds is 5. The zero-order chi connectivity index (χ0) is 20.2. The molecule has 0 spiro atoms. The first-order chi connectivity index (χ1) is 14.1. The van der Waals surface area contributed by atoms with Crippen LogP contribution in [0.3, 0.4) is 0 Å². The van der Waals surface area contributed by atoms with Gasteiger partial charge in [-0.15, -0.1) is 11.3 Å². The summed E-state index contributed by atoms with van der Waals surface area (Å²) in [7, 11) is 0. The van der Waals surface area contributed by atoms with Crippen molar-refractivity contribution in [3.8, 4) is 11.3 Å². The van der Waals surface area contributed by atoms with Gasteiger partial charge in [-0.05, 0) is 37.5 Å². The Kier molecular flexibility index (Phi) is 5.53. The van der Waals surface area contributed by atoms with E-state index in [9.17, 15) is 14.9 Å². The maximum absolute atomic E-state index is 12.5. The number of nitrogens with one attached hydrogen (secondary N) is 1. The molecule has 1 aliphatic rings. The third-order valence-corrected chi connectivity index (χ3v) is 5.76. The summed E-state index contributed by atoms with van der Waals surface area (Å²) in [6, 6.07) is 13.2. The van der Waals surface area contributed by atoms with Crippen molar-refractivity contribution in [3.63, 3.8) is 0 Å². The van der Waals surface area contributed by atoms with Gasteiger partial charge in [-0.3, -0.25) is 14.9 Å². The van der Waals surface area contributed by atoms with Crippen LogP contribution in [0.5, 0.6) is 0 Å². The van der Waals surface area contributed by atoms with E-state index in [1.54, 1.807) is 23.5 Å². The fraction of sp³-hybridized carbons (Fsp3) is 0.238. The number of nitro groups is 1. The van der Waals surface area contributed by atoms with Crippen LogP contribution in [0.1, 0.15) is 29.6 Å². The molecule has 1 N–H and O–H groups in total. The maximum Gasteiger partial charge on any atom is 0.270 e. The van der Waals surface area contributed by atoms with Gasteiger partial charge < -0.3 is 10.2 Å². The molecule has 0 aliphatic carbocycles. The molecule has 4 rings (SSSR count). The number of nitrogens with zero attached hydrogens (tertiary/aromatic N) is 3. The first kappa shape index (κ1) is 19.1. The van der Waals surface area contributed by atoms with Crippen molar-refractivity contribution in [3.05, 3.63) is 69.6 Å². The number of aromatic nitrogens is 1. The molecule has 0 bridgehead atoms. The van der Waals surface area contributed by atoms with Gasteiger partial charge in [-0.25, -0.2) is 4.98 Å². The summed E-state index contributed by atoms with van der Waals surface area (Å²) in [5.41, 5.74) is 2.54. The van der Waals surface area contributed by atoms with Crippen LogP contribution < -0.4 is 10.2 Å². The number of carbonyl (C=O) groups is 1. The van der Waals surface area contributed by atoms with E-state index in [1.165, 1.54) is 37.5 Å². The number of piperidine rings is 1. The lowest BCUT2D eigenvalue weighted by atomic mass is 10.1. The first-order valence-corrected chi connectivity index (χ1v) is 10.3. The van der Waals surface area contributed by atoms with Crippen LogP contribution in [-0.2, 0) is 0 Å². The van der Waals surface area contributed by atoms with E-state index in [1.807, 2.05) is 23.6 Å². The fourth-order valence-electron chi connectivity index (χ4n) is 3.35. The average molecular weight is 408 g/mol. The SMILES string of the molecule is O=C(Nc1cccc(-c2csc(N3CCCCC3)n2)c1)c1cccc([N+](=O)[O-])c1. The molecule has 2 heterocycles. The number of carbonyl (C=O) groups excluding carboxylic acids is 1. The van der Waals surface area contributed by atoms with Crippen molar-refractivity contribution in [2.24, 2.45) is 0 Å². The van der Waals surface area contributed by atoms with Crippen LogP contribution in [0.25, 0.3) is 11.3 Å². The standard InChI is InChI=1S/C21H20N4O3S/c26-20(16-7-5-9-18(13-16)25(27)28)22-17-8-4-6-15(12-17)19-14-29-21(23-19)24-10-2-1-3-11-24/h4-9,12-14H,1-3,10-11H2,(H,22,26). The molecule has 0 unspecified atom stereocenters. The molecule has 0 atom stereocenters. The quantitative estimate of drug-likeness (QED) is 0.476. The first-order valence-electron chi connectivity index (χ1n) is 9.47. The molecule has 1 aliphatic heterocycles. The molecule has 0 radical (unpaired) electrons. The van der Waals surface area contributed by atoms with E-state index >= 15 is 0 Å². The normalized spacial score (nSPS) is 13.9. The van der Waals surface area contributed by atoms with Crippen molar-refractivity contribution < 1.29 is 9.72 Å². The van der Waals surface area contributed by atoms with Gasteiger partial charge in [-0.2, -0.15) is 0 Å². The van der Waals surface area contributed by atoms with Crippen LogP contribution in [0.15, 0.2) is 53.9 Å². The van der Waals surface area contributed by atoms with E-state index in [0.717, 1.165) is 29.5 Å². The molecular formula is C21H20N4O3S. The van der Waals surface area contributed by atoms with Gasteiger partial charge in [0.25, 0.3) is 11.6 Å². The van der Waals surface area contributed by atoms with E-state index < -0.39 is 10.8 Å². The van der Waals surface area contributed by atoms with Gasteiger partial charge in [0.2, 0.25) is 0 Å². The smallest absolute Gasteiger partial charge is 0.270 e. The minimum absolute atomic E-state index is 0.112. The van der Waals surface area contributed by atoms with E-state index in [2.05, 4.69) is 10.2 Å². The lowest BCUT2D eigenvalue weighted by Crippen LogP contribution is -2.29. The topological polar surface area (TPSA) is 88.4 Å². The number of non-ortho nitro benzene ring substituents is 1. The summed E-state index contributed by atoms with van der Waals surface area (Å²) >= 11 is 1.64. The molecule has 29 heavy (non-hydrogen) atoms. The zero-order valence-electron chi connectivity index (χ0n) is 15.7. The molecule has 1 saturated heterocycles. The maximum atomic E-state index is 12.5. The van der Waals surface area contributed by atoms with Gasteiger partial charge in [0.15, 0.2) is 5.13 Å². The van der Waals surface area contributed by atoms with Crippen LogP contribution in [0, 0.1) is 10.1 Å². The van der Waals surface area contributed by atoms with Gasteiger partial charge >= 0.3 is 0 Å². The van der Waals surface area contributed by atoms with Crippen LogP contribution >= 0.6 is 11.3 Å². The molecule has 3 aromatic rings. The minimum atomic E-state index is -0.514. The number of anilines is 2. The van der Waals surface area contributed by atoms with Gasteiger partial charge in [-0.1, -0.05) is 18.2 Å². The second-order valence-electron chi connectivity index (χ2n) is 6.91. The Labute approximate surface area is 172 Å². The molecule has 2 aromatic carbocycles. The Morgan fingerprint density at radius 3 is 2.69 bits per heavy atom. The summed E-state index contributed by atoms with van der Waals surface area (Å²) in [5, 5.41) is 16.8. The second-order valence-corrected chi connectivity index (χ2v) is 7.74. The molecule has 8 heteroatoms. The number of hydrogen-bond acceptors (Lipinski definition) is 6.